The van der Waals surface area contributed by atoms with Crippen LogP contribution in [-0.2, 0) is 6.42 Å². The number of hydrogen-bond acceptors (Lipinski definition) is 3. The van der Waals surface area contributed by atoms with Gasteiger partial charge in [-0.05, 0) is 12.1 Å². The summed E-state index contributed by atoms with van der Waals surface area (Å²) < 4.78 is 0. The van der Waals surface area contributed by atoms with E-state index in [4.69, 9.17) is 11.0 Å². The highest BCUT2D eigenvalue weighted by molar-refractivity contribution is 5.78. The Labute approximate surface area is 88.9 Å². The molecular formula is C10H13N5. The van der Waals surface area contributed by atoms with Crippen LogP contribution < -0.4 is 5.73 Å². The van der Waals surface area contributed by atoms with Gasteiger partial charge in [0.1, 0.15) is 0 Å². The van der Waals surface area contributed by atoms with E-state index < -0.39 is 0 Å². The van der Waals surface area contributed by atoms with Gasteiger partial charge in [-0.25, -0.2) is 0 Å². The maximum atomic E-state index is 8.31. The second kappa shape index (κ2) is 5.60. The molecule has 1 heterocycles. The number of nitrogens with zero attached hydrogens (tertiary/aromatic N) is 4. The van der Waals surface area contributed by atoms with Crippen LogP contribution >= 0.6 is 0 Å². The van der Waals surface area contributed by atoms with E-state index in [1.165, 1.54) is 0 Å². The SMILES string of the molecule is CN(CCc1ccccn1)C(N)=NC#N. The second-order valence-electron chi connectivity index (χ2n) is 3.06. The summed E-state index contributed by atoms with van der Waals surface area (Å²) in [5, 5.41) is 8.31. The summed E-state index contributed by atoms with van der Waals surface area (Å²) in [5.41, 5.74) is 6.52. The molecule has 0 amide bonds. The highest BCUT2D eigenvalue weighted by Crippen LogP contribution is 1.96. The summed E-state index contributed by atoms with van der Waals surface area (Å²) in [5.74, 6) is 0.230. The largest absolute Gasteiger partial charge is 0.369 e. The minimum absolute atomic E-state index is 0.230. The van der Waals surface area contributed by atoms with Crippen molar-refractivity contribution in [3.63, 3.8) is 0 Å². The molecule has 0 saturated carbocycles. The quantitative estimate of drug-likeness (QED) is 0.437. The monoisotopic (exact) mass is 203 g/mol. The molecule has 0 radical (unpaired) electrons. The average Bonchev–Trinajstić information content (AvgIpc) is 2.27. The van der Waals surface area contributed by atoms with Crippen LogP contribution in [0.2, 0.25) is 0 Å². The third kappa shape index (κ3) is 3.65. The van der Waals surface area contributed by atoms with Gasteiger partial charge in [-0.3, -0.25) is 4.98 Å². The molecule has 2 N–H and O–H groups in total. The molecule has 5 nitrogen and oxygen atoms in total. The van der Waals surface area contributed by atoms with Crippen molar-refractivity contribution < 1.29 is 0 Å². The molecule has 0 saturated heterocycles. The van der Waals surface area contributed by atoms with E-state index in [0.29, 0.717) is 6.54 Å². The van der Waals surface area contributed by atoms with E-state index in [1.54, 1.807) is 24.3 Å². The van der Waals surface area contributed by atoms with Crippen molar-refractivity contribution in [3.8, 4) is 6.19 Å². The molecule has 0 bridgehead atoms. The van der Waals surface area contributed by atoms with Crippen LogP contribution in [0, 0.1) is 11.5 Å². The Balaban J connectivity index is 2.45. The Morgan fingerprint density at radius 1 is 1.67 bits per heavy atom. The lowest BCUT2D eigenvalue weighted by atomic mass is 10.2. The van der Waals surface area contributed by atoms with Crippen LogP contribution in [0.5, 0.6) is 0 Å². The van der Waals surface area contributed by atoms with Gasteiger partial charge in [-0.15, -0.1) is 4.99 Å². The Hall–Kier alpha value is -2.09. The van der Waals surface area contributed by atoms with Crippen LogP contribution in [0.4, 0.5) is 0 Å². The lowest BCUT2D eigenvalue weighted by Gasteiger charge is -2.16. The molecule has 1 aromatic heterocycles. The Morgan fingerprint density at radius 2 is 2.47 bits per heavy atom. The number of guanidine groups is 1. The number of aliphatic imine (C=N–C) groups is 1. The van der Waals surface area contributed by atoms with E-state index in [1.807, 2.05) is 18.2 Å². The van der Waals surface area contributed by atoms with Crippen molar-refractivity contribution in [2.24, 2.45) is 10.7 Å². The van der Waals surface area contributed by atoms with Crippen LogP contribution in [0.15, 0.2) is 29.4 Å². The van der Waals surface area contributed by atoms with Crippen molar-refractivity contribution >= 4 is 5.96 Å². The first-order valence-electron chi connectivity index (χ1n) is 4.57. The molecular weight excluding hydrogens is 190 g/mol. The molecule has 0 unspecified atom stereocenters. The minimum atomic E-state index is 0.230. The standard InChI is InChI=1S/C10H13N5/c1-15(10(12)14-8-11)7-5-9-4-2-3-6-13-9/h2-4,6H,5,7H2,1H3,(H2,12,14). The Bertz CT molecular complexity index is 365. The molecule has 78 valence electrons. The molecule has 15 heavy (non-hydrogen) atoms. The fraction of sp³-hybridized carbons (Fsp3) is 0.300. The van der Waals surface area contributed by atoms with Crippen molar-refractivity contribution in [3.05, 3.63) is 30.1 Å². The predicted molar refractivity (Wildman–Crippen MR) is 57.8 cm³/mol. The highest BCUT2D eigenvalue weighted by Gasteiger charge is 2.02. The van der Waals surface area contributed by atoms with Gasteiger partial charge in [0.05, 0.1) is 0 Å². The summed E-state index contributed by atoms with van der Waals surface area (Å²) >= 11 is 0. The first kappa shape index (κ1) is 11.0. The maximum Gasteiger partial charge on any atom is 0.209 e. The number of aromatic nitrogens is 1. The van der Waals surface area contributed by atoms with Crippen molar-refractivity contribution in [2.75, 3.05) is 13.6 Å². The molecule has 1 rings (SSSR count). The summed E-state index contributed by atoms with van der Waals surface area (Å²) in [6.45, 7) is 0.689. The fourth-order valence-corrected chi connectivity index (χ4v) is 1.08. The summed E-state index contributed by atoms with van der Waals surface area (Å²) in [7, 11) is 1.79. The summed E-state index contributed by atoms with van der Waals surface area (Å²) in [6, 6.07) is 5.76. The summed E-state index contributed by atoms with van der Waals surface area (Å²) in [4.78, 5) is 9.35. The van der Waals surface area contributed by atoms with Gasteiger partial charge < -0.3 is 10.6 Å². The molecule has 0 aromatic carbocycles. The van der Waals surface area contributed by atoms with Gasteiger partial charge in [0, 0.05) is 31.9 Å². The molecule has 0 aliphatic heterocycles. The van der Waals surface area contributed by atoms with Gasteiger partial charge >= 0.3 is 0 Å². The van der Waals surface area contributed by atoms with E-state index in [9.17, 15) is 0 Å². The Morgan fingerprint density at radius 3 is 3.07 bits per heavy atom. The molecule has 0 aliphatic carbocycles. The van der Waals surface area contributed by atoms with Crippen LogP contribution in [-0.4, -0.2) is 29.4 Å². The zero-order valence-corrected chi connectivity index (χ0v) is 8.59. The molecule has 1 aromatic rings. The Kier molecular flexibility index (Phi) is 4.10. The van der Waals surface area contributed by atoms with E-state index >= 15 is 0 Å². The summed E-state index contributed by atoms with van der Waals surface area (Å²) in [6.07, 6.45) is 4.18. The molecule has 0 aliphatic rings. The van der Waals surface area contributed by atoms with Crippen molar-refractivity contribution in [2.45, 2.75) is 6.42 Å². The third-order valence-electron chi connectivity index (χ3n) is 1.99. The number of rotatable bonds is 3. The molecule has 0 spiro atoms. The van der Waals surface area contributed by atoms with E-state index in [-0.39, 0.29) is 5.96 Å². The van der Waals surface area contributed by atoms with Crippen LogP contribution in [0.3, 0.4) is 0 Å². The first-order valence-corrected chi connectivity index (χ1v) is 4.57. The van der Waals surface area contributed by atoms with Crippen molar-refractivity contribution in [1.29, 1.82) is 5.26 Å². The number of pyridine rings is 1. The number of nitrogens with two attached hydrogens (primary N) is 1. The fourth-order valence-electron chi connectivity index (χ4n) is 1.08. The highest BCUT2D eigenvalue weighted by atomic mass is 15.2. The van der Waals surface area contributed by atoms with E-state index in [0.717, 1.165) is 12.1 Å². The van der Waals surface area contributed by atoms with Gasteiger partial charge in [-0.1, -0.05) is 6.07 Å². The number of hydrogen-bond donors (Lipinski definition) is 1. The van der Waals surface area contributed by atoms with Crippen molar-refractivity contribution in [1.82, 2.24) is 9.88 Å². The lowest BCUT2D eigenvalue weighted by Crippen LogP contribution is -2.35. The smallest absolute Gasteiger partial charge is 0.209 e. The number of nitriles is 1. The zero-order chi connectivity index (χ0) is 11.1. The van der Waals surface area contributed by atoms with Gasteiger partial charge in [0.15, 0.2) is 0 Å². The predicted octanol–water partition coefficient (Wildman–Crippen LogP) is 0.352. The zero-order valence-electron chi connectivity index (χ0n) is 8.59. The van der Waals surface area contributed by atoms with E-state index in [2.05, 4.69) is 9.98 Å². The lowest BCUT2D eigenvalue weighted by molar-refractivity contribution is 0.500. The van der Waals surface area contributed by atoms with Gasteiger partial charge in [0.2, 0.25) is 12.2 Å². The molecule has 0 atom stereocenters. The normalized spacial score (nSPS) is 10.8. The second-order valence-corrected chi connectivity index (χ2v) is 3.06. The first-order chi connectivity index (χ1) is 7.24. The minimum Gasteiger partial charge on any atom is -0.369 e. The number of likely N-dealkylation sites (N-methyl/N-ethyl adjacent to an activating group) is 1. The van der Waals surface area contributed by atoms with Crippen LogP contribution in [0.1, 0.15) is 5.69 Å². The van der Waals surface area contributed by atoms with Gasteiger partial charge in [-0.2, -0.15) is 5.26 Å². The van der Waals surface area contributed by atoms with Crippen LogP contribution in [0.25, 0.3) is 0 Å². The topological polar surface area (TPSA) is 78.3 Å². The third-order valence-corrected chi connectivity index (χ3v) is 1.99. The maximum absolute atomic E-state index is 8.31. The average molecular weight is 203 g/mol. The molecule has 5 heteroatoms. The molecule has 0 fully saturated rings. The van der Waals surface area contributed by atoms with Gasteiger partial charge in [0.25, 0.3) is 0 Å².